The highest BCUT2D eigenvalue weighted by atomic mass is 32.2. The Morgan fingerprint density at radius 1 is 0.900 bits per heavy atom. The van der Waals surface area contributed by atoms with Crippen LogP contribution in [0.3, 0.4) is 0 Å². The molecule has 1 aromatic carbocycles. The Hall–Kier alpha value is -0.870. The van der Waals surface area contributed by atoms with Crippen molar-refractivity contribution in [2.75, 3.05) is 0 Å². The molecule has 0 aromatic heterocycles. The summed E-state index contributed by atoms with van der Waals surface area (Å²) in [4.78, 5) is 0.290. The Morgan fingerprint density at radius 2 is 1.67 bits per heavy atom. The second kappa shape index (κ2) is 7.33. The first-order valence-corrected chi connectivity index (χ1v) is 13.6. The first kappa shape index (κ1) is 21.0. The van der Waals surface area contributed by atoms with Gasteiger partial charge in [-0.05, 0) is 111 Å². The van der Waals surface area contributed by atoms with E-state index in [0.717, 1.165) is 42.6 Å². The van der Waals surface area contributed by atoms with Crippen LogP contribution in [-0.4, -0.2) is 14.5 Å². The van der Waals surface area contributed by atoms with Crippen molar-refractivity contribution in [2.45, 2.75) is 96.0 Å². The minimum Gasteiger partial charge on any atom is -0.263 e. The Bertz CT molecular complexity index is 891. The molecule has 0 heterocycles. The first-order chi connectivity index (χ1) is 14.2. The Kier molecular flexibility index (Phi) is 5.13. The summed E-state index contributed by atoms with van der Waals surface area (Å²) < 4.78 is 31.4. The van der Waals surface area contributed by atoms with Gasteiger partial charge in [-0.2, -0.15) is 8.42 Å². The Morgan fingerprint density at radius 3 is 2.43 bits per heavy atom. The highest BCUT2D eigenvalue weighted by Crippen LogP contribution is 2.66. The van der Waals surface area contributed by atoms with Gasteiger partial charge in [0.25, 0.3) is 10.1 Å². The minimum atomic E-state index is -3.68. The van der Waals surface area contributed by atoms with Crippen molar-refractivity contribution in [3.63, 3.8) is 0 Å². The van der Waals surface area contributed by atoms with Crippen molar-refractivity contribution in [3.8, 4) is 0 Å². The predicted octanol–water partition coefficient (Wildman–Crippen LogP) is 6.50. The van der Waals surface area contributed by atoms with Crippen LogP contribution in [0.15, 0.2) is 29.2 Å². The van der Waals surface area contributed by atoms with Gasteiger partial charge in [0.05, 0.1) is 11.0 Å². The lowest BCUT2D eigenvalue weighted by Crippen LogP contribution is -2.53. The third kappa shape index (κ3) is 3.37. The summed E-state index contributed by atoms with van der Waals surface area (Å²) in [6.45, 7) is 7.07. The molecule has 7 atom stereocenters. The maximum absolute atomic E-state index is 12.8. The van der Waals surface area contributed by atoms with E-state index in [-0.39, 0.29) is 11.0 Å². The van der Waals surface area contributed by atoms with E-state index < -0.39 is 10.1 Å². The molecule has 0 aliphatic heterocycles. The molecule has 4 fully saturated rings. The SMILES string of the molecule is Cc1ccc(S(=O)(=O)O[C@@H]2CC[C@@]3(C)[C@@H](CC[C@H]4[C@@H]5CCC[C@@]5(C)CC[C@@H]43)C2)cc1. The monoisotopic (exact) mass is 430 g/mol. The highest BCUT2D eigenvalue weighted by molar-refractivity contribution is 7.86. The van der Waals surface area contributed by atoms with Crippen LogP contribution in [-0.2, 0) is 14.3 Å². The standard InChI is InChI=1S/C26H38O3S/c1-18-6-9-21(10-7-18)30(27,28)29-20-12-16-26(3)19(17-20)8-11-22-23-5-4-14-25(23,2)15-13-24(22)26/h6-7,9-10,19-20,22-24H,4-5,8,11-17H2,1-3H3/t19-,20+,22-,23-,24-,25-,26-/m0/s1. The van der Waals surface area contributed by atoms with Gasteiger partial charge in [-0.3, -0.25) is 4.18 Å². The van der Waals surface area contributed by atoms with Gasteiger partial charge in [0.15, 0.2) is 0 Å². The molecule has 4 heteroatoms. The molecular formula is C26H38O3S. The Balaban J connectivity index is 1.30. The summed E-state index contributed by atoms with van der Waals surface area (Å²) in [6.07, 6.45) is 12.5. The van der Waals surface area contributed by atoms with E-state index in [0.29, 0.717) is 16.7 Å². The van der Waals surface area contributed by atoms with Crippen molar-refractivity contribution < 1.29 is 12.6 Å². The molecule has 4 aliphatic carbocycles. The van der Waals surface area contributed by atoms with Crippen LogP contribution in [0.1, 0.15) is 83.6 Å². The molecule has 166 valence electrons. The summed E-state index contributed by atoms with van der Waals surface area (Å²) in [6, 6.07) is 7.03. The summed E-state index contributed by atoms with van der Waals surface area (Å²) in [5, 5.41) is 0. The van der Waals surface area contributed by atoms with Crippen LogP contribution < -0.4 is 0 Å². The summed E-state index contributed by atoms with van der Waals surface area (Å²) in [7, 11) is -3.68. The van der Waals surface area contributed by atoms with Gasteiger partial charge in [0.2, 0.25) is 0 Å². The molecule has 3 nitrogen and oxygen atoms in total. The maximum Gasteiger partial charge on any atom is 0.297 e. The fourth-order valence-electron chi connectivity index (χ4n) is 8.24. The summed E-state index contributed by atoms with van der Waals surface area (Å²) in [5.74, 6) is 3.28. The third-order valence-corrected chi connectivity index (χ3v) is 11.3. The lowest BCUT2D eigenvalue weighted by molar-refractivity contribution is -0.117. The molecule has 0 bridgehead atoms. The van der Waals surface area contributed by atoms with Gasteiger partial charge in [-0.1, -0.05) is 38.0 Å². The molecule has 0 spiro atoms. The topological polar surface area (TPSA) is 43.4 Å². The highest BCUT2D eigenvalue weighted by Gasteiger charge is 2.58. The van der Waals surface area contributed by atoms with Crippen LogP contribution in [0.2, 0.25) is 0 Å². The molecule has 5 rings (SSSR count). The number of hydrogen-bond donors (Lipinski definition) is 0. The van der Waals surface area contributed by atoms with E-state index in [4.69, 9.17) is 4.18 Å². The van der Waals surface area contributed by atoms with Crippen LogP contribution in [0.5, 0.6) is 0 Å². The average molecular weight is 431 g/mol. The lowest BCUT2D eigenvalue weighted by Gasteiger charge is -2.60. The number of aryl methyl sites for hydroxylation is 1. The molecule has 0 radical (unpaired) electrons. The van der Waals surface area contributed by atoms with Gasteiger partial charge in [-0.25, -0.2) is 0 Å². The third-order valence-electron chi connectivity index (χ3n) is 9.97. The number of benzene rings is 1. The van der Waals surface area contributed by atoms with Crippen LogP contribution in [0.4, 0.5) is 0 Å². The number of rotatable bonds is 3. The zero-order valence-electron chi connectivity index (χ0n) is 18.9. The van der Waals surface area contributed by atoms with E-state index in [2.05, 4.69) is 13.8 Å². The zero-order valence-corrected chi connectivity index (χ0v) is 19.7. The summed E-state index contributed by atoms with van der Waals surface area (Å²) in [5.41, 5.74) is 2.04. The van der Waals surface area contributed by atoms with Crippen molar-refractivity contribution in [1.29, 1.82) is 0 Å². The van der Waals surface area contributed by atoms with E-state index in [1.54, 1.807) is 12.1 Å². The van der Waals surface area contributed by atoms with Gasteiger partial charge >= 0.3 is 0 Å². The van der Waals surface area contributed by atoms with Gasteiger partial charge in [-0.15, -0.1) is 0 Å². The first-order valence-electron chi connectivity index (χ1n) is 12.2. The second-order valence-electron chi connectivity index (χ2n) is 11.5. The zero-order chi connectivity index (χ0) is 21.1. The van der Waals surface area contributed by atoms with Gasteiger partial charge in [0, 0.05) is 0 Å². The fraction of sp³-hybridized carbons (Fsp3) is 0.769. The average Bonchev–Trinajstić information content (AvgIpc) is 3.10. The van der Waals surface area contributed by atoms with E-state index in [1.165, 1.54) is 44.9 Å². The quantitative estimate of drug-likeness (QED) is 0.514. The van der Waals surface area contributed by atoms with Gasteiger partial charge < -0.3 is 0 Å². The molecule has 0 unspecified atom stereocenters. The smallest absolute Gasteiger partial charge is 0.263 e. The van der Waals surface area contributed by atoms with E-state index >= 15 is 0 Å². The minimum absolute atomic E-state index is 0.161. The van der Waals surface area contributed by atoms with Gasteiger partial charge in [0.1, 0.15) is 0 Å². The van der Waals surface area contributed by atoms with Crippen molar-refractivity contribution in [1.82, 2.24) is 0 Å². The molecule has 0 saturated heterocycles. The largest absolute Gasteiger partial charge is 0.297 e. The predicted molar refractivity (Wildman–Crippen MR) is 120 cm³/mol. The molecule has 0 amide bonds. The number of fused-ring (bicyclic) bond motifs is 5. The molecule has 4 saturated carbocycles. The lowest BCUT2D eigenvalue weighted by atomic mass is 9.45. The molecule has 0 N–H and O–H groups in total. The fourth-order valence-corrected chi connectivity index (χ4v) is 9.35. The van der Waals surface area contributed by atoms with E-state index in [9.17, 15) is 8.42 Å². The van der Waals surface area contributed by atoms with Crippen LogP contribution in [0, 0.1) is 41.4 Å². The normalized spacial score (nSPS) is 43.5. The molecule has 30 heavy (non-hydrogen) atoms. The molecular weight excluding hydrogens is 392 g/mol. The van der Waals surface area contributed by atoms with Crippen molar-refractivity contribution >= 4 is 10.1 Å². The summed E-state index contributed by atoms with van der Waals surface area (Å²) >= 11 is 0. The molecule has 1 aromatic rings. The van der Waals surface area contributed by atoms with E-state index in [1.807, 2.05) is 19.1 Å². The van der Waals surface area contributed by atoms with Crippen LogP contribution in [0.25, 0.3) is 0 Å². The van der Waals surface area contributed by atoms with Crippen molar-refractivity contribution in [3.05, 3.63) is 29.8 Å². The molecule has 4 aliphatic rings. The Labute approximate surface area is 183 Å². The number of hydrogen-bond acceptors (Lipinski definition) is 3. The van der Waals surface area contributed by atoms with Crippen LogP contribution >= 0.6 is 0 Å². The maximum atomic E-state index is 12.8. The van der Waals surface area contributed by atoms with Crippen molar-refractivity contribution in [2.24, 2.45) is 34.5 Å². The second-order valence-corrected chi connectivity index (χ2v) is 13.1.